The number of nitrogens with zero attached hydrogens (tertiary/aromatic N) is 1. The number of Topliss-reactive ketones (excluding diaryl/α,β-unsaturated/α-hetero) is 1. The number of ketones is 1. The van der Waals surface area contributed by atoms with Crippen molar-refractivity contribution in [2.45, 2.75) is 71.6 Å². The number of hydrogen-bond donors (Lipinski definition) is 0. The van der Waals surface area contributed by atoms with Crippen LogP contribution >= 0.6 is 0 Å². The van der Waals surface area contributed by atoms with Gasteiger partial charge in [0.1, 0.15) is 5.78 Å². The van der Waals surface area contributed by atoms with Crippen molar-refractivity contribution in [2.75, 3.05) is 5.75 Å². The summed E-state index contributed by atoms with van der Waals surface area (Å²) >= 11 is 0. The van der Waals surface area contributed by atoms with Crippen molar-refractivity contribution in [3.05, 3.63) is 0 Å². The van der Waals surface area contributed by atoms with Gasteiger partial charge < -0.3 is 0 Å². The molecule has 0 radical (unpaired) electrons. The lowest BCUT2D eigenvalue weighted by molar-refractivity contribution is -0.194. The van der Waals surface area contributed by atoms with Crippen LogP contribution in [-0.2, 0) is 28.8 Å². The Hall–Kier alpha value is -1.28. The van der Waals surface area contributed by atoms with Crippen molar-refractivity contribution >= 4 is 27.7 Å². The largest absolute Gasteiger partial charge is 0.299 e. The molecule has 1 aliphatic heterocycles. The first-order valence-electron chi connectivity index (χ1n) is 11.4. The summed E-state index contributed by atoms with van der Waals surface area (Å²) in [7, 11) is -4.28. The van der Waals surface area contributed by atoms with E-state index in [4.69, 9.17) is 4.28 Å². The molecule has 1 heterocycles. The number of hydrogen-bond acceptors (Lipinski definition) is 6. The lowest BCUT2D eigenvalue weighted by atomic mass is 9.59. The molecule has 5 fully saturated rings. The summed E-state index contributed by atoms with van der Waals surface area (Å²) in [6.45, 7) is 3.91. The molecule has 4 saturated carbocycles. The van der Waals surface area contributed by atoms with Crippen LogP contribution in [0.2, 0.25) is 0 Å². The van der Waals surface area contributed by atoms with Gasteiger partial charge in [-0.05, 0) is 48.9 Å². The van der Waals surface area contributed by atoms with E-state index in [-0.39, 0.29) is 29.5 Å². The molecule has 5 rings (SSSR count). The number of fused-ring (bicyclic) bond motifs is 2. The number of amides is 2. The maximum atomic E-state index is 13.1. The minimum absolute atomic E-state index is 0.0274. The highest BCUT2D eigenvalue weighted by atomic mass is 32.2. The quantitative estimate of drug-likeness (QED) is 0.627. The summed E-state index contributed by atoms with van der Waals surface area (Å²) in [5, 5.41) is 0.560. The van der Waals surface area contributed by atoms with E-state index < -0.39 is 38.5 Å². The highest BCUT2D eigenvalue weighted by molar-refractivity contribution is 7.86. The normalized spacial score (nSPS) is 42.5. The molecule has 2 amide bonds. The average Bonchev–Trinajstić information content (AvgIpc) is 3.03. The third-order valence-corrected chi connectivity index (χ3v) is 10.7. The van der Waals surface area contributed by atoms with E-state index in [2.05, 4.69) is 0 Å². The van der Waals surface area contributed by atoms with E-state index in [0.717, 1.165) is 32.1 Å². The highest BCUT2D eigenvalue weighted by Gasteiger charge is 2.66. The Morgan fingerprint density at radius 2 is 1.57 bits per heavy atom. The van der Waals surface area contributed by atoms with Gasteiger partial charge in [-0.1, -0.05) is 39.5 Å². The first kappa shape index (κ1) is 20.6. The molecule has 4 aliphatic carbocycles. The van der Waals surface area contributed by atoms with E-state index >= 15 is 0 Å². The predicted molar refractivity (Wildman–Crippen MR) is 107 cm³/mol. The molecule has 2 bridgehead atoms. The summed E-state index contributed by atoms with van der Waals surface area (Å²) < 4.78 is 31.4. The molecule has 4 unspecified atom stereocenters. The molecular formula is C22H31NO6S. The van der Waals surface area contributed by atoms with E-state index in [1.54, 1.807) is 0 Å². The molecule has 166 valence electrons. The van der Waals surface area contributed by atoms with Gasteiger partial charge in [0.15, 0.2) is 0 Å². The van der Waals surface area contributed by atoms with Crippen molar-refractivity contribution in [2.24, 2.45) is 40.4 Å². The number of imide groups is 1. The van der Waals surface area contributed by atoms with Crippen LogP contribution < -0.4 is 0 Å². The van der Waals surface area contributed by atoms with Gasteiger partial charge in [-0.2, -0.15) is 8.42 Å². The van der Waals surface area contributed by atoms with Crippen molar-refractivity contribution < 1.29 is 27.1 Å². The van der Waals surface area contributed by atoms with E-state index in [9.17, 15) is 22.8 Å². The van der Waals surface area contributed by atoms with Crippen LogP contribution in [0.1, 0.15) is 71.6 Å². The molecule has 0 spiro atoms. The van der Waals surface area contributed by atoms with E-state index in [1.165, 1.54) is 0 Å². The molecule has 0 aromatic heterocycles. The maximum Gasteiger partial charge on any atom is 0.289 e. The van der Waals surface area contributed by atoms with Crippen molar-refractivity contribution in [3.8, 4) is 0 Å². The second-order valence-corrected chi connectivity index (χ2v) is 12.4. The van der Waals surface area contributed by atoms with Gasteiger partial charge in [0.25, 0.3) is 21.9 Å². The third-order valence-electron chi connectivity index (χ3n) is 9.44. The van der Waals surface area contributed by atoms with Crippen molar-refractivity contribution in [1.82, 2.24) is 5.06 Å². The number of hydroxylamine groups is 2. The molecule has 8 heteroatoms. The maximum absolute atomic E-state index is 13.1. The third kappa shape index (κ3) is 2.71. The fraction of sp³-hybridized carbons (Fsp3) is 0.864. The van der Waals surface area contributed by atoms with Crippen LogP contribution in [0.5, 0.6) is 0 Å². The summed E-state index contributed by atoms with van der Waals surface area (Å²) in [5.41, 5.74) is -1.41. The summed E-state index contributed by atoms with van der Waals surface area (Å²) in [6, 6.07) is 0. The van der Waals surface area contributed by atoms with Crippen molar-refractivity contribution in [3.63, 3.8) is 0 Å². The van der Waals surface area contributed by atoms with Gasteiger partial charge >= 0.3 is 0 Å². The Morgan fingerprint density at radius 3 is 2.07 bits per heavy atom. The predicted octanol–water partition coefficient (Wildman–Crippen LogP) is 2.84. The van der Waals surface area contributed by atoms with Gasteiger partial charge in [-0.3, -0.25) is 14.4 Å². The Balaban J connectivity index is 1.40. The lowest BCUT2D eigenvalue weighted by Gasteiger charge is -2.49. The van der Waals surface area contributed by atoms with E-state index in [0.29, 0.717) is 36.7 Å². The van der Waals surface area contributed by atoms with Crippen LogP contribution in [0.3, 0.4) is 0 Å². The van der Waals surface area contributed by atoms with Crippen LogP contribution in [0, 0.1) is 40.4 Å². The van der Waals surface area contributed by atoms with Gasteiger partial charge in [-0.15, -0.1) is 9.35 Å². The number of carbonyl (C=O) groups is 3. The monoisotopic (exact) mass is 437 g/mol. The number of rotatable bonds is 4. The zero-order valence-electron chi connectivity index (χ0n) is 17.8. The van der Waals surface area contributed by atoms with Crippen molar-refractivity contribution in [1.29, 1.82) is 0 Å². The zero-order chi connectivity index (χ0) is 21.5. The van der Waals surface area contributed by atoms with E-state index in [1.807, 2.05) is 13.8 Å². The van der Waals surface area contributed by atoms with Crippen LogP contribution in [-0.4, -0.2) is 36.8 Å². The topological polar surface area (TPSA) is 97.8 Å². The van der Waals surface area contributed by atoms with Gasteiger partial charge in [0.2, 0.25) is 0 Å². The molecule has 0 aromatic rings. The summed E-state index contributed by atoms with van der Waals surface area (Å²) in [6.07, 6.45) is 7.03. The molecule has 1 saturated heterocycles. The molecule has 30 heavy (non-hydrogen) atoms. The van der Waals surface area contributed by atoms with Crippen LogP contribution in [0.15, 0.2) is 0 Å². The van der Waals surface area contributed by atoms with Gasteiger partial charge in [-0.25, -0.2) is 0 Å². The minimum Gasteiger partial charge on any atom is -0.299 e. The molecule has 5 aliphatic rings. The Bertz CT molecular complexity index is 881. The first-order chi connectivity index (χ1) is 14.1. The van der Waals surface area contributed by atoms with Crippen LogP contribution in [0.25, 0.3) is 0 Å². The molecule has 4 atom stereocenters. The SMILES string of the molecule is CC1(C)C2CCC1(CS(=O)(=O)ON1C(=O)C3CCCC4CCCC(C1=O)C43)C(=O)C2. The second-order valence-electron chi connectivity index (χ2n) is 10.8. The summed E-state index contributed by atoms with van der Waals surface area (Å²) in [4.78, 5) is 39.0. The number of piperidine rings is 1. The van der Waals surface area contributed by atoms with Crippen LogP contribution in [0.4, 0.5) is 0 Å². The smallest absolute Gasteiger partial charge is 0.289 e. The lowest BCUT2D eigenvalue weighted by Crippen LogP contribution is -2.58. The standard InChI is InChI=1S/C22H31NO6S/c1-21(2)14-9-10-22(21,17(24)11-14)12-30(27,28)29-23-19(25)15-7-3-5-13-6-4-8-16(18(13)15)20(23)26/h13-16,18H,3-12H2,1-2H3. The van der Waals surface area contributed by atoms with Gasteiger partial charge in [0, 0.05) is 18.3 Å². The number of carbonyl (C=O) groups excluding carboxylic acids is 3. The zero-order valence-corrected chi connectivity index (χ0v) is 18.6. The highest BCUT2D eigenvalue weighted by Crippen LogP contribution is 2.64. The summed E-state index contributed by atoms with van der Waals surface area (Å²) in [5.74, 6) is -1.58. The second kappa shape index (κ2) is 6.61. The minimum atomic E-state index is -4.28. The average molecular weight is 438 g/mol. The molecular weight excluding hydrogens is 406 g/mol. The molecule has 0 aromatic carbocycles. The molecule has 0 N–H and O–H groups in total. The fourth-order valence-corrected chi connectivity index (χ4v) is 9.37. The van der Waals surface area contributed by atoms with Gasteiger partial charge in [0.05, 0.1) is 11.2 Å². The molecule has 7 nitrogen and oxygen atoms in total. The Labute approximate surface area is 178 Å². The Kier molecular flexibility index (Phi) is 4.54. The first-order valence-corrected chi connectivity index (χ1v) is 13.0. The fourth-order valence-electron chi connectivity index (χ4n) is 7.66. The Morgan fingerprint density at radius 1 is 0.967 bits per heavy atom.